The molecule has 0 spiro atoms. The van der Waals surface area contributed by atoms with E-state index in [9.17, 15) is 14.3 Å². The molecule has 0 heterocycles. The van der Waals surface area contributed by atoms with Crippen LogP contribution in [0.25, 0.3) is 0 Å². The summed E-state index contributed by atoms with van der Waals surface area (Å²) in [5.41, 5.74) is 2.80. The molecule has 2 aromatic carbocycles. The average Bonchev–Trinajstić information content (AvgIpc) is 2.48. The highest BCUT2D eigenvalue weighted by molar-refractivity contribution is 6.43. The van der Waals surface area contributed by atoms with Gasteiger partial charge in [-0.25, -0.2) is 9.82 Å². The Morgan fingerprint density at radius 2 is 1.86 bits per heavy atom. The summed E-state index contributed by atoms with van der Waals surface area (Å²) in [5.74, 6) is -1.18. The van der Waals surface area contributed by atoms with Crippen molar-refractivity contribution in [2.24, 2.45) is 5.10 Å². The van der Waals surface area contributed by atoms with E-state index in [1.807, 2.05) is 0 Å². The molecule has 0 atom stereocenters. The van der Waals surface area contributed by atoms with E-state index in [1.165, 1.54) is 42.6 Å². The number of carbonyl (C=O) groups excluding carboxylic acids is 1. The van der Waals surface area contributed by atoms with Crippen LogP contribution in [0.5, 0.6) is 5.75 Å². The predicted molar refractivity (Wildman–Crippen MR) is 79.6 cm³/mol. The molecule has 1 amide bonds. The number of nitrogens with one attached hydrogen (secondary N) is 1. The van der Waals surface area contributed by atoms with Crippen molar-refractivity contribution in [2.45, 2.75) is 0 Å². The van der Waals surface area contributed by atoms with Crippen molar-refractivity contribution >= 4 is 35.3 Å². The number of hydrogen-bond donors (Lipinski definition) is 2. The summed E-state index contributed by atoms with van der Waals surface area (Å²) in [7, 11) is 0. The van der Waals surface area contributed by atoms with E-state index < -0.39 is 11.7 Å². The molecular formula is C14H9Cl2FN2O2. The van der Waals surface area contributed by atoms with Gasteiger partial charge in [0.2, 0.25) is 0 Å². The summed E-state index contributed by atoms with van der Waals surface area (Å²) in [6.07, 6.45) is 1.22. The molecule has 21 heavy (non-hydrogen) atoms. The number of nitrogens with zero attached hydrogens (tertiary/aromatic N) is 1. The van der Waals surface area contributed by atoms with Gasteiger partial charge in [0.1, 0.15) is 16.6 Å². The second-order valence-electron chi connectivity index (χ2n) is 4.01. The number of rotatable bonds is 3. The third-order valence-electron chi connectivity index (χ3n) is 2.58. The van der Waals surface area contributed by atoms with Gasteiger partial charge in [0.05, 0.1) is 11.2 Å². The van der Waals surface area contributed by atoms with Crippen molar-refractivity contribution in [3.8, 4) is 5.75 Å². The molecule has 0 bridgehead atoms. The highest BCUT2D eigenvalue weighted by Gasteiger charge is 2.08. The first-order valence-corrected chi connectivity index (χ1v) is 6.50. The van der Waals surface area contributed by atoms with Crippen molar-refractivity contribution in [2.75, 3.05) is 0 Å². The Labute approximate surface area is 129 Å². The van der Waals surface area contributed by atoms with Gasteiger partial charge in [0.15, 0.2) is 0 Å². The van der Waals surface area contributed by atoms with Crippen molar-refractivity contribution in [1.82, 2.24) is 5.43 Å². The minimum Gasteiger partial charge on any atom is -0.506 e. The summed E-state index contributed by atoms with van der Waals surface area (Å²) in [4.78, 5) is 11.7. The minimum atomic E-state index is -0.509. The normalized spacial score (nSPS) is 10.8. The lowest BCUT2D eigenvalue weighted by atomic mass is 10.2. The van der Waals surface area contributed by atoms with Gasteiger partial charge in [-0.05, 0) is 36.4 Å². The van der Waals surface area contributed by atoms with Gasteiger partial charge in [0.25, 0.3) is 5.91 Å². The van der Waals surface area contributed by atoms with Crippen LogP contribution in [0, 0.1) is 5.82 Å². The van der Waals surface area contributed by atoms with Gasteiger partial charge >= 0.3 is 0 Å². The lowest BCUT2D eigenvalue weighted by molar-refractivity contribution is 0.0955. The number of benzene rings is 2. The molecule has 0 aromatic heterocycles. The van der Waals surface area contributed by atoms with E-state index in [-0.39, 0.29) is 21.4 Å². The fraction of sp³-hybridized carbons (Fsp3) is 0. The van der Waals surface area contributed by atoms with Crippen LogP contribution >= 0.6 is 23.2 Å². The fourth-order valence-electron chi connectivity index (χ4n) is 1.49. The molecular weight excluding hydrogens is 318 g/mol. The molecule has 0 aliphatic carbocycles. The van der Waals surface area contributed by atoms with Crippen molar-refractivity contribution < 1.29 is 14.3 Å². The number of carbonyl (C=O) groups is 1. The highest BCUT2D eigenvalue weighted by atomic mass is 35.5. The van der Waals surface area contributed by atoms with Gasteiger partial charge in [-0.2, -0.15) is 5.10 Å². The van der Waals surface area contributed by atoms with Crippen LogP contribution < -0.4 is 5.43 Å². The van der Waals surface area contributed by atoms with E-state index in [2.05, 4.69) is 10.5 Å². The molecule has 0 aliphatic heterocycles. The zero-order chi connectivity index (χ0) is 15.4. The zero-order valence-electron chi connectivity index (χ0n) is 10.5. The zero-order valence-corrected chi connectivity index (χ0v) is 12.0. The maximum atomic E-state index is 12.7. The van der Waals surface area contributed by atoms with Crippen molar-refractivity contribution in [1.29, 1.82) is 0 Å². The topological polar surface area (TPSA) is 61.7 Å². The fourth-order valence-corrected chi connectivity index (χ4v) is 1.81. The Morgan fingerprint density at radius 1 is 1.19 bits per heavy atom. The summed E-state index contributed by atoms with van der Waals surface area (Å²) in [6, 6.07) is 7.99. The summed E-state index contributed by atoms with van der Waals surface area (Å²) < 4.78 is 12.7. The van der Waals surface area contributed by atoms with Gasteiger partial charge in [-0.15, -0.1) is 0 Å². The molecule has 7 heteroatoms. The highest BCUT2D eigenvalue weighted by Crippen LogP contribution is 2.33. The van der Waals surface area contributed by atoms with Gasteiger partial charge in [-0.1, -0.05) is 23.2 Å². The molecule has 2 N–H and O–H groups in total. The second-order valence-corrected chi connectivity index (χ2v) is 4.79. The molecule has 0 fully saturated rings. The van der Waals surface area contributed by atoms with E-state index in [0.717, 1.165) is 0 Å². The Bertz CT molecular complexity index is 703. The standard InChI is InChI=1S/C14H9Cl2FN2O2/c15-11-6-3-9(13(20)12(11)16)7-18-19-14(21)8-1-4-10(17)5-2-8/h1-7,20H,(H,19,21). The SMILES string of the molecule is O=C(NN=Cc1ccc(Cl)c(Cl)c1O)c1ccc(F)cc1. The maximum Gasteiger partial charge on any atom is 0.271 e. The van der Waals surface area contributed by atoms with E-state index in [4.69, 9.17) is 23.2 Å². The number of phenols is 1. The monoisotopic (exact) mass is 326 g/mol. The Balaban J connectivity index is 2.07. The van der Waals surface area contributed by atoms with Crippen LogP contribution in [-0.4, -0.2) is 17.2 Å². The number of hydrazone groups is 1. The molecule has 2 aromatic rings. The van der Waals surface area contributed by atoms with Crippen LogP contribution in [0.15, 0.2) is 41.5 Å². The maximum absolute atomic E-state index is 12.7. The largest absolute Gasteiger partial charge is 0.506 e. The molecule has 0 radical (unpaired) electrons. The Kier molecular flexibility index (Phi) is 4.77. The molecule has 0 aliphatic rings. The lowest BCUT2D eigenvalue weighted by Crippen LogP contribution is -2.17. The number of aromatic hydroxyl groups is 1. The molecule has 4 nitrogen and oxygen atoms in total. The van der Waals surface area contributed by atoms with E-state index in [1.54, 1.807) is 0 Å². The lowest BCUT2D eigenvalue weighted by Gasteiger charge is -2.03. The van der Waals surface area contributed by atoms with Crippen LogP contribution in [0.1, 0.15) is 15.9 Å². The first-order valence-electron chi connectivity index (χ1n) is 5.75. The molecule has 0 saturated heterocycles. The number of hydrogen-bond acceptors (Lipinski definition) is 3. The van der Waals surface area contributed by atoms with E-state index >= 15 is 0 Å². The van der Waals surface area contributed by atoms with Crippen LogP contribution in [0.3, 0.4) is 0 Å². The smallest absolute Gasteiger partial charge is 0.271 e. The van der Waals surface area contributed by atoms with E-state index in [0.29, 0.717) is 5.56 Å². The average molecular weight is 327 g/mol. The minimum absolute atomic E-state index is 0.00507. The van der Waals surface area contributed by atoms with Crippen LogP contribution in [0.2, 0.25) is 10.0 Å². The Hall–Kier alpha value is -2.11. The number of halogens is 3. The third kappa shape index (κ3) is 3.71. The summed E-state index contributed by atoms with van der Waals surface area (Å²) in [6.45, 7) is 0. The Morgan fingerprint density at radius 3 is 2.52 bits per heavy atom. The van der Waals surface area contributed by atoms with Crippen molar-refractivity contribution in [3.05, 3.63) is 63.4 Å². The first kappa shape index (κ1) is 15.3. The third-order valence-corrected chi connectivity index (χ3v) is 3.37. The summed E-state index contributed by atoms with van der Waals surface area (Å²) >= 11 is 11.5. The first-order chi connectivity index (χ1) is 9.99. The van der Waals surface area contributed by atoms with Crippen LogP contribution in [-0.2, 0) is 0 Å². The molecule has 0 saturated carbocycles. The molecule has 2 rings (SSSR count). The predicted octanol–water partition coefficient (Wildman–Crippen LogP) is 3.60. The number of phenolic OH excluding ortho intramolecular Hbond substituents is 1. The van der Waals surface area contributed by atoms with Crippen LogP contribution in [0.4, 0.5) is 4.39 Å². The molecule has 108 valence electrons. The van der Waals surface area contributed by atoms with Gasteiger partial charge < -0.3 is 5.11 Å². The molecule has 0 unspecified atom stereocenters. The van der Waals surface area contributed by atoms with Gasteiger partial charge in [-0.3, -0.25) is 4.79 Å². The second kappa shape index (κ2) is 6.56. The quantitative estimate of drug-likeness (QED) is 0.668. The van der Waals surface area contributed by atoms with Crippen molar-refractivity contribution in [3.63, 3.8) is 0 Å². The summed E-state index contributed by atoms with van der Waals surface area (Å²) in [5, 5.41) is 13.6. The number of amides is 1. The van der Waals surface area contributed by atoms with Gasteiger partial charge in [0, 0.05) is 11.1 Å².